The third-order valence-electron chi connectivity index (χ3n) is 5.63. The number of halogens is 16. The molecule has 4 aliphatic carbocycles. The molecule has 0 spiro atoms. The predicted molar refractivity (Wildman–Crippen MR) is 53.8 cm³/mol. The molecule has 4 aliphatic rings. The summed E-state index contributed by atoms with van der Waals surface area (Å²) < 4.78 is 211. The number of hydrogen-bond acceptors (Lipinski definition) is 1. The van der Waals surface area contributed by atoms with E-state index in [1.807, 2.05) is 0 Å². The van der Waals surface area contributed by atoms with Crippen LogP contribution in [0.15, 0.2) is 0 Å². The molecule has 29 heavy (non-hydrogen) atoms. The molecular formula is C11H2F16O2. The Balaban J connectivity index is 0.00000300. The summed E-state index contributed by atoms with van der Waals surface area (Å²) in [5, 5.41) is 8.46. The Morgan fingerprint density at radius 3 is 0.759 bits per heavy atom. The molecular weight excluding hydrogens is 468 g/mol. The topological polar surface area (TPSA) is 37.3 Å². The maximum Gasteiger partial charge on any atom is 0.339 e. The smallest absolute Gasteiger partial charge is 0.339 e. The van der Waals surface area contributed by atoms with Crippen LogP contribution in [0, 0.1) is 5.41 Å². The second-order valence-electron chi connectivity index (χ2n) is 6.48. The van der Waals surface area contributed by atoms with Gasteiger partial charge >= 0.3 is 58.5 Å². The van der Waals surface area contributed by atoms with E-state index in [2.05, 4.69) is 0 Å². The maximum absolute atomic E-state index is 14.3. The maximum atomic E-state index is 14.3. The lowest BCUT2D eigenvalue weighted by atomic mass is 9.36. The molecule has 0 aromatic heterocycles. The Kier molecular flexibility index (Phi) is 3.67. The van der Waals surface area contributed by atoms with Gasteiger partial charge in [0.25, 0.3) is 5.41 Å². The Bertz CT molecular complexity index is 688. The molecule has 0 aliphatic heterocycles. The summed E-state index contributed by atoms with van der Waals surface area (Å²) in [5.74, 6) is -52.0. The van der Waals surface area contributed by atoms with E-state index in [-0.39, 0.29) is 4.70 Å². The quantitative estimate of drug-likeness (QED) is 0.585. The summed E-state index contributed by atoms with van der Waals surface area (Å²) in [6.45, 7) is 0. The first kappa shape index (κ1) is 23.6. The van der Waals surface area contributed by atoms with Gasteiger partial charge in [-0.15, -0.1) is 0 Å². The fourth-order valence-electron chi connectivity index (χ4n) is 4.26. The van der Waals surface area contributed by atoms with Crippen molar-refractivity contribution in [2.45, 2.75) is 52.5 Å². The van der Waals surface area contributed by atoms with Gasteiger partial charge in [-0.1, -0.05) is 0 Å². The van der Waals surface area contributed by atoms with E-state index in [9.17, 15) is 70.7 Å². The number of carbonyl (C=O) groups is 1. The molecule has 4 bridgehead atoms. The van der Waals surface area contributed by atoms with Crippen LogP contribution in [0.1, 0.15) is 0 Å². The van der Waals surface area contributed by atoms with Crippen LogP contribution in [-0.2, 0) is 4.79 Å². The molecule has 0 unspecified atom stereocenters. The fourth-order valence-corrected chi connectivity index (χ4v) is 4.26. The van der Waals surface area contributed by atoms with Crippen LogP contribution in [0.25, 0.3) is 0 Å². The number of carboxylic acid groups (broad SMARTS) is 1. The van der Waals surface area contributed by atoms with E-state index in [1.165, 1.54) is 0 Å². The third-order valence-corrected chi connectivity index (χ3v) is 5.63. The molecule has 170 valence electrons. The van der Waals surface area contributed by atoms with E-state index in [1.54, 1.807) is 0 Å². The van der Waals surface area contributed by atoms with Crippen molar-refractivity contribution in [2.75, 3.05) is 0 Å². The first-order valence-electron chi connectivity index (χ1n) is 6.51. The SMILES string of the molecule is F.O=C(O)C12C(F)(F)C3(F)C(F)(F)C(F)(C(F)(F)C(F)(C3(F)F)C1(F)F)C2(F)F. The molecule has 0 heterocycles. The molecule has 0 amide bonds. The van der Waals surface area contributed by atoms with Gasteiger partial charge in [0.1, 0.15) is 0 Å². The van der Waals surface area contributed by atoms with Crippen molar-refractivity contribution in [3.8, 4) is 0 Å². The van der Waals surface area contributed by atoms with Crippen molar-refractivity contribution in [3.63, 3.8) is 0 Å². The minimum atomic E-state index is -7.95. The van der Waals surface area contributed by atoms with Gasteiger partial charge in [0.05, 0.1) is 0 Å². The van der Waals surface area contributed by atoms with Gasteiger partial charge in [0.2, 0.25) is 0 Å². The van der Waals surface area contributed by atoms with Gasteiger partial charge in [0, 0.05) is 0 Å². The minimum Gasteiger partial charge on any atom is -0.480 e. The summed E-state index contributed by atoms with van der Waals surface area (Å²) in [7, 11) is 0. The Morgan fingerprint density at radius 1 is 0.448 bits per heavy atom. The molecule has 0 aromatic carbocycles. The van der Waals surface area contributed by atoms with Gasteiger partial charge in [0.15, 0.2) is 0 Å². The number of aliphatic carboxylic acids is 1. The molecule has 1 N–H and O–H groups in total. The lowest BCUT2D eigenvalue weighted by molar-refractivity contribution is -0.604. The highest BCUT2D eigenvalue weighted by Gasteiger charge is 3.24. The summed E-state index contributed by atoms with van der Waals surface area (Å²) in [4.78, 5) is 10.9. The van der Waals surface area contributed by atoms with Crippen LogP contribution >= 0.6 is 0 Å². The normalized spacial score (nSPS) is 48.7. The largest absolute Gasteiger partial charge is 0.480 e. The average molecular weight is 470 g/mol. The zero-order chi connectivity index (χ0) is 22.6. The Hall–Kier alpha value is -1.65. The molecule has 4 rings (SSSR count). The van der Waals surface area contributed by atoms with Crippen molar-refractivity contribution in [2.24, 2.45) is 5.41 Å². The van der Waals surface area contributed by atoms with E-state index < -0.39 is 63.9 Å². The Labute approximate surface area is 146 Å². The van der Waals surface area contributed by atoms with Gasteiger partial charge < -0.3 is 5.11 Å². The Morgan fingerprint density at radius 2 is 0.621 bits per heavy atom. The number of hydrogen-bond donors (Lipinski definition) is 1. The molecule has 0 radical (unpaired) electrons. The number of carboxylic acids is 1. The van der Waals surface area contributed by atoms with Crippen LogP contribution in [0.2, 0.25) is 0 Å². The molecule has 4 saturated carbocycles. The van der Waals surface area contributed by atoms with Crippen LogP contribution in [0.5, 0.6) is 0 Å². The molecule has 0 saturated heterocycles. The average Bonchev–Trinajstić information content (AvgIpc) is 2.46. The highest BCUT2D eigenvalue weighted by Crippen LogP contribution is 2.90. The lowest BCUT2D eigenvalue weighted by Crippen LogP contribution is -3.08. The molecule has 4 fully saturated rings. The minimum absolute atomic E-state index is 0. The van der Waals surface area contributed by atoms with Crippen LogP contribution in [0.4, 0.5) is 70.6 Å². The molecule has 0 aromatic rings. The highest BCUT2D eigenvalue weighted by atomic mass is 19.3. The van der Waals surface area contributed by atoms with Crippen molar-refractivity contribution in [3.05, 3.63) is 0 Å². The number of rotatable bonds is 1. The second-order valence-corrected chi connectivity index (χ2v) is 6.48. The monoisotopic (exact) mass is 470 g/mol. The van der Waals surface area contributed by atoms with Crippen molar-refractivity contribution in [1.82, 2.24) is 0 Å². The van der Waals surface area contributed by atoms with Gasteiger partial charge in [-0.3, -0.25) is 9.50 Å². The van der Waals surface area contributed by atoms with Gasteiger partial charge in [-0.2, -0.15) is 26.3 Å². The molecule has 0 atom stereocenters. The summed E-state index contributed by atoms with van der Waals surface area (Å²) >= 11 is 0. The van der Waals surface area contributed by atoms with Gasteiger partial charge in [-0.05, 0) is 0 Å². The first-order valence-corrected chi connectivity index (χ1v) is 6.51. The molecule has 2 nitrogen and oxygen atoms in total. The number of alkyl halides is 15. The zero-order valence-corrected chi connectivity index (χ0v) is 12.4. The van der Waals surface area contributed by atoms with E-state index in [0.717, 1.165) is 0 Å². The summed E-state index contributed by atoms with van der Waals surface area (Å²) in [6, 6.07) is 0. The van der Waals surface area contributed by atoms with Gasteiger partial charge in [-0.25, -0.2) is 39.5 Å². The summed E-state index contributed by atoms with van der Waals surface area (Å²) in [5.41, 5.74) is -30.9. The van der Waals surface area contributed by atoms with Crippen molar-refractivity contribution >= 4 is 5.97 Å². The second kappa shape index (κ2) is 4.50. The highest BCUT2D eigenvalue weighted by molar-refractivity contribution is 5.84. The van der Waals surface area contributed by atoms with Crippen molar-refractivity contribution < 1.29 is 80.5 Å². The van der Waals surface area contributed by atoms with E-state index in [4.69, 9.17) is 5.11 Å². The first-order chi connectivity index (χ1) is 11.9. The zero-order valence-electron chi connectivity index (χ0n) is 12.4. The van der Waals surface area contributed by atoms with Crippen LogP contribution < -0.4 is 0 Å². The third kappa shape index (κ3) is 1.24. The lowest BCUT2D eigenvalue weighted by Gasteiger charge is -2.73. The standard InChI is InChI=1S/C11HF15O2.FH/c12-3-6(15,16)2(1(27)28)7(17,18)4(13,9(3,21)22)11(25,26)5(14,8(2,19)20)10(3,23)24;/h(H,27,28);1H. The van der Waals surface area contributed by atoms with Crippen LogP contribution in [0.3, 0.4) is 0 Å². The van der Waals surface area contributed by atoms with Crippen molar-refractivity contribution in [1.29, 1.82) is 0 Å². The van der Waals surface area contributed by atoms with E-state index in [0.29, 0.717) is 0 Å². The summed E-state index contributed by atoms with van der Waals surface area (Å²) in [6.07, 6.45) is 0. The predicted octanol–water partition coefficient (Wildman–Crippen LogP) is 4.19. The fraction of sp³-hybridized carbons (Fsp3) is 0.909. The molecule has 18 heteroatoms. The van der Waals surface area contributed by atoms with Crippen LogP contribution in [-0.4, -0.2) is 63.6 Å². The van der Waals surface area contributed by atoms with E-state index >= 15 is 0 Å².